The predicted molar refractivity (Wildman–Crippen MR) is 56.9 cm³/mol. The molecule has 0 aromatic heterocycles. The number of aryl methyl sites for hydroxylation is 1. The standard InChI is InChI=1S/C12H16F2O2/c1-6(2)11(15)12(16)8-5-4-7(3)9(13)10(8)14/h4-6,11-12,15-16H,1-3H3. The number of halogens is 2. The largest absolute Gasteiger partial charge is 0.390 e. The van der Waals surface area contributed by atoms with Gasteiger partial charge in [-0.1, -0.05) is 26.0 Å². The highest BCUT2D eigenvalue weighted by atomic mass is 19.2. The smallest absolute Gasteiger partial charge is 0.164 e. The van der Waals surface area contributed by atoms with Gasteiger partial charge in [0.25, 0.3) is 0 Å². The molecule has 4 heteroatoms. The van der Waals surface area contributed by atoms with Crippen molar-refractivity contribution in [1.82, 2.24) is 0 Å². The average Bonchev–Trinajstić information content (AvgIpc) is 2.24. The number of aliphatic hydroxyl groups excluding tert-OH is 2. The predicted octanol–water partition coefficient (Wildman–Crippen LogP) is 2.32. The van der Waals surface area contributed by atoms with Gasteiger partial charge in [-0.15, -0.1) is 0 Å². The Morgan fingerprint density at radius 1 is 1.06 bits per heavy atom. The van der Waals surface area contributed by atoms with Crippen LogP contribution >= 0.6 is 0 Å². The maximum absolute atomic E-state index is 13.5. The van der Waals surface area contributed by atoms with Crippen LogP contribution in [-0.4, -0.2) is 16.3 Å². The molecule has 0 spiro atoms. The molecule has 0 radical (unpaired) electrons. The summed E-state index contributed by atoms with van der Waals surface area (Å²) in [6.07, 6.45) is -2.52. The topological polar surface area (TPSA) is 40.5 Å². The molecule has 0 aliphatic carbocycles. The molecule has 2 unspecified atom stereocenters. The minimum atomic E-state index is -1.41. The lowest BCUT2D eigenvalue weighted by atomic mass is 9.95. The number of hydrogen-bond acceptors (Lipinski definition) is 2. The summed E-state index contributed by atoms with van der Waals surface area (Å²) in [5, 5.41) is 19.3. The summed E-state index contributed by atoms with van der Waals surface area (Å²) in [6.45, 7) is 4.82. The van der Waals surface area contributed by atoms with Gasteiger partial charge >= 0.3 is 0 Å². The number of aliphatic hydroxyl groups is 2. The molecule has 0 saturated carbocycles. The van der Waals surface area contributed by atoms with Gasteiger partial charge in [0.1, 0.15) is 6.10 Å². The molecule has 0 aliphatic rings. The van der Waals surface area contributed by atoms with E-state index in [2.05, 4.69) is 0 Å². The first-order chi connectivity index (χ1) is 7.36. The van der Waals surface area contributed by atoms with Crippen LogP contribution in [0.3, 0.4) is 0 Å². The summed E-state index contributed by atoms with van der Waals surface area (Å²) in [5.74, 6) is -2.31. The summed E-state index contributed by atoms with van der Waals surface area (Å²) in [5.41, 5.74) is -0.0308. The summed E-state index contributed by atoms with van der Waals surface area (Å²) in [4.78, 5) is 0. The van der Waals surface area contributed by atoms with Crippen molar-refractivity contribution < 1.29 is 19.0 Å². The zero-order chi connectivity index (χ0) is 12.5. The van der Waals surface area contributed by atoms with E-state index in [1.807, 2.05) is 0 Å². The fraction of sp³-hybridized carbons (Fsp3) is 0.500. The van der Waals surface area contributed by atoms with Gasteiger partial charge in [-0.05, 0) is 18.4 Å². The minimum absolute atomic E-state index is 0.174. The third kappa shape index (κ3) is 2.39. The highest BCUT2D eigenvalue weighted by Gasteiger charge is 2.25. The molecule has 2 nitrogen and oxygen atoms in total. The van der Waals surface area contributed by atoms with Crippen molar-refractivity contribution in [1.29, 1.82) is 0 Å². The summed E-state index contributed by atoms with van der Waals surface area (Å²) < 4.78 is 26.7. The van der Waals surface area contributed by atoms with Gasteiger partial charge in [-0.25, -0.2) is 8.78 Å². The first-order valence-electron chi connectivity index (χ1n) is 5.17. The number of benzene rings is 1. The van der Waals surface area contributed by atoms with Gasteiger partial charge in [0.2, 0.25) is 0 Å². The molecule has 1 aromatic rings. The molecule has 0 fully saturated rings. The molecule has 90 valence electrons. The Kier molecular flexibility index (Phi) is 3.99. The lowest BCUT2D eigenvalue weighted by molar-refractivity contribution is -0.0115. The van der Waals surface area contributed by atoms with Crippen LogP contribution in [0, 0.1) is 24.5 Å². The van der Waals surface area contributed by atoms with E-state index in [0.717, 1.165) is 0 Å². The quantitative estimate of drug-likeness (QED) is 0.836. The molecule has 1 aromatic carbocycles. The van der Waals surface area contributed by atoms with E-state index in [4.69, 9.17) is 0 Å². The fourth-order valence-electron chi connectivity index (χ4n) is 1.44. The SMILES string of the molecule is Cc1ccc(C(O)C(O)C(C)C)c(F)c1F. The second-order valence-electron chi connectivity index (χ2n) is 4.28. The maximum Gasteiger partial charge on any atom is 0.164 e. The van der Waals surface area contributed by atoms with Crippen LogP contribution in [0.25, 0.3) is 0 Å². The van der Waals surface area contributed by atoms with Crippen LogP contribution in [0.4, 0.5) is 8.78 Å². The van der Waals surface area contributed by atoms with Crippen LogP contribution in [0.1, 0.15) is 31.1 Å². The molecule has 0 amide bonds. The third-order valence-corrected chi connectivity index (χ3v) is 2.63. The van der Waals surface area contributed by atoms with E-state index in [1.165, 1.54) is 19.1 Å². The monoisotopic (exact) mass is 230 g/mol. The lowest BCUT2D eigenvalue weighted by Gasteiger charge is -2.22. The Balaban J connectivity index is 3.10. The molecule has 0 heterocycles. The van der Waals surface area contributed by atoms with Crippen molar-refractivity contribution in [2.45, 2.75) is 33.0 Å². The van der Waals surface area contributed by atoms with E-state index < -0.39 is 23.8 Å². The van der Waals surface area contributed by atoms with Gasteiger partial charge in [0.15, 0.2) is 11.6 Å². The minimum Gasteiger partial charge on any atom is -0.390 e. The highest BCUT2D eigenvalue weighted by molar-refractivity contribution is 5.27. The normalized spacial score (nSPS) is 15.2. The molecule has 2 atom stereocenters. The van der Waals surface area contributed by atoms with E-state index in [0.29, 0.717) is 0 Å². The second kappa shape index (κ2) is 4.89. The molecule has 0 bridgehead atoms. The van der Waals surface area contributed by atoms with Gasteiger partial charge in [0.05, 0.1) is 6.10 Å². The maximum atomic E-state index is 13.5. The molecule has 16 heavy (non-hydrogen) atoms. The third-order valence-electron chi connectivity index (χ3n) is 2.63. The fourth-order valence-corrected chi connectivity index (χ4v) is 1.44. The Bertz CT molecular complexity index is 378. The molecule has 1 rings (SSSR count). The zero-order valence-electron chi connectivity index (χ0n) is 9.54. The number of rotatable bonds is 3. The van der Waals surface area contributed by atoms with Gasteiger partial charge in [-0.2, -0.15) is 0 Å². The molecule has 0 saturated heterocycles. The summed E-state index contributed by atoms with van der Waals surface area (Å²) in [6, 6.07) is 2.67. The Hall–Kier alpha value is -1.00. The van der Waals surface area contributed by atoms with Gasteiger partial charge in [-0.3, -0.25) is 0 Å². The van der Waals surface area contributed by atoms with E-state index >= 15 is 0 Å². The Morgan fingerprint density at radius 3 is 2.12 bits per heavy atom. The van der Waals surface area contributed by atoms with Crippen LogP contribution in [0.2, 0.25) is 0 Å². The van der Waals surface area contributed by atoms with Crippen molar-refractivity contribution >= 4 is 0 Å². The first kappa shape index (κ1) is 13.1. The molecule has 0 aliphatic heterocycles. The van der Waals surface area contributed by atoms with Gasteiger partial charge in [0, 0.05) is 5.56 Å². The van der Waals surface area contributed by atoms with Crippen LogP contribution in [0.5, 0.6) is 0 Å². The molecular formula is C12H16F2O2. The Labute approximate surface area is 93.5 Å². The van der Waals surface area contributed by atoms with Crippen LogP contribution in [0.15, 0.2) is 12.1 Å². The molecular weight excluding hydrogens is 214 g/mol. The highest BCUT2D eigenvalue weighted by Crippen LogP contribution is 2.26. The average molecular weight is 230 g/mol. The Morgan fingerprint density at radius 2 is 1.62 bits per heavy atom. The van der Waals surface area contributed by atoms with Gasteiger partial charge < -0.3 is 10.2 Å². The van der Waals surface area contributed by atoms with E-state index in [1.54, 1.807) is 13.8 Å². The van der Waals surface area contributed by atoms with Crippen molar-refractivity contribution in [2.75, 3.05) is 0 Å². The second-order valence-corrected chi connectivity index (χ2v) is 4.28. The number of hydrogen-bond donors (Lipinski definition) is 2. The van der Waals surface area contributed by atoms with Crippen molar-refractivity contribution in [3.63, 3.8) is 0 Å². The summed E-state index contributed by atoms with van der Waals surface area (Å²) in [7, 11) is 0. The van der Waals surface area contributed by atoms with E-state index in [9.17, 15) is 19.0 Å². The van der Waals surface area contributed by atoms with Crippen molar-refractivity contribution in [2.24, 2.45) is 5.92 Å². The van der Waals surface area contributed by atoms with Crippen LogP contribution < -0.4 is 0 Å². The van der Waals surface area contributed by atoms with Crippen molar-refractivity contribution in [3.05, 3.63) is 34.9 Å². The summed E-state index contributed by atoms with van der Waals surface area (Å²) >= 11 is 0. The van der Waals surface area contributed by atoms with E-state index in [-0.39, 0.29) is 17.0 Å². The zero-order valence-corrected chi connectivity index (χ0v) is 9.54. The van der Waals surface area contributed by atoms with Crippen LogP contribution in [-0.2, 0) is 0 Å². The lowest BCUT2D eigenvalue weighted by Crippen LogP contribution is -2.25. The van der Waals surface area contributed by atoms with Crippen molar-refractivity contribution in [3.8, 4) is 0 Å². The first-order valence-corrected chi connectivity index (χ1v) is 5.17. The molecule has 2 N–H and O–H groups in total.